The van der Waals surface area contributed by atoms with Crippen molar-refractivity contribution in [3.05, 3.63) is 23.4 Å². The molecule has 0 saturated heterocycles. The summed E-state index contributed by atoms with van der Waals surface area (Å²) in [4.78, 5) is 6.63. The third-order valence-corrected chi connectivity index (χ3v) is 2.56. The van der Waals surface area contributed by atoms with Gasteiger partial charge in [0, 0.05) is 18.8 Å². The summed E-state index contributed by atoms with van der Waals surface area (Å²) in [7, 11) is 0. The van der Waals surface area contributed by atoms with Crippen LogP contribution in [0.15, 0.2) is 18.3 Å². The van der Waals surface area contributed by atoms with E-state index < -0.39 is 0 Å². The zero-order valence-corrected chi connectivity index (χ0v) is 8.46. The highest BCUT2D eigenvalue weighted by atomic mass is 35.5. The standard InChI is InChI=1S/C10H13ClN2/c1-2-13(9-4-5-9)10-6-3-8(11)7-12-10/h3,6-7,9H,2,4-5H2,1H3. The lowest BCUT2D eigenvalue weighted by Gasteiger charge is -2.21. The molecule has 0 aromatic carbocycles. The third kappa shape index (κ3) is 1.94. The van der Waals surface area contributed by atoms with Gasteiger partial charge in [-0.3, -0.25) is 0 Å². The van der Waals surface area contributed by atoms with Crippen LogP contribution in [-0.4, -0.2) is 17.6 Å². The van der Waals surface area contributed by atoms with Gasteiger partial charge >= 0.3 is 0 Å². The summed E-state index contributed by atoms with van der Waals surface area (Å²) in [6, 6.07) is 4.61. The van der Waals surface area contributed by atoms with Crippen LogP contribution in [0.25, 0.3) is 0 Å². The van der Waals surface area contributed by atoms with Gasteiger partial charge in [0.1, 0.15) is 5.82 Å². The second-order valence-electron chi connectivity index (χ2n) is 3.35. The van der Waals surface area contributed by atoms with Gasteiger partial charge in [0.2, 0.25) is 0 Å². The SMILES string of the molecule is CCN(c1ccc(Cl)cn1)C1CC1. The molecule has 0 radical (unpaired) electrons. The molecule has 1 aliphatic rings. The maximum atomic E-state index is 5.77. The lowest BCUT2D eigenvalue weighted by Crippen LogP contribution is -2.25. The van der Waals surface area contributed by atoms with Crippen LogP contribution >= 0.6 is 11.6 Å². The Morgan fingerprint density at radius 1 is 1.54 bits per heavy atom. The van der Waals surface area contributed by atoms with E-state index in [-0.39, 0.29) is 0 Å². The number of pyridine rings is 1. The molecule has 1 aliphatic carbocycles. The Bertz CT molecular complexity index is 279. The van der Waals surface area contributed by atoms with Gasteiger partial charge in [-0.15, -0.1) is 0 Å². The average molecular weight is 197 g/mol. The number of aromatic nitrogens is 1. The van der Waals surface area contributed by atoms with E-state index in [4.69, 9.17) is 11.6 Å². The first-order valence-electron chi connectivity index (χ1n) is 4.69. The van der Waals surface area contributed by atoms with Crippen molar-refractivity contribution >= 4 is 17.4 Å². The van der Waals surface area contributed by atoms with Crippen LogP contribution in [0.2, 0.25) is 5.02 Å². The monoisotopic (exact) mass is 196 g/mol. The fourth-order valence-corrected chi connectivity index (χ4v) is 1.64. The van der Waals surface area contributed by atoms with E-state index in [2.05, 4.69) is 16.8 Å². The van der Waals surface area contributed by atoms with Crippen molar-refractivity contribution in [1.29, 1.82) is 0 Å². The summed E-state index contributed by atoms with van der Waals surface area (Å²) >= 11 is 5.77. The third-order valence-electron chi connectivity index (χ3n) is 2.33. The molecule has 3 heteroatoms. The molecule has 0 atom stereocenters. The first kappa shape index (κ1) is 8.82. The van der Waals surface area contributed by atoms with Crippen LogP contribution < -0.4 is 4.90 Å². The summed E-state index contributed by atoms with van der Waals surface area (Å²) in [5.74, 6) is 1.05. The molecule has 2 nitrogen and oxygen atoms in total. The van der Waals surface area contributed by atoms with Gasteiger partial charge in [0.25, 0.3) is 0 Å². The number of hydrogen-bond donors (Lipinski definition) is 0. The molecule has 1 aromatic rings. The second-order valence-corrected chi connectivity index (χ2v) is 3.79. The van der Waals surface area contributed by atoms with Gasteiger partial charge < -0.3 is 4.90 Å². The van der Waals surface area contributed by atoms with Crippen molar-refractivity contribution in [1.82, 2.24) is 4.98 Å². The smallest absolute Gasteiger partial charge is 0.128 e. The Morgan fingerprint density at radius 3 is 2.77 bits per heavy atom. The molecule has 0 spiro atoms. The Hall–Kier alpha value is -0.760. The molecule has 2 rings (SSSR count). The summed E-state index contributed by atoms with van der Waals surface area (Å²) in [6.07, 6.45) is 4.32. The van der Waals surface area contributed by atoms with E-state index in [0.717, 1.165) is 18.4 Å². The first-order valence-corrected chi connectivity index (χ1v) is 5.07. The molecule has 70 valence electrons. The zero-order chi connectivity index (χ0) is 9.26. The summed E-state index contributed by atoms with van der Waals surface area (Å²) < 4.78 is 0. The first-order chi connectivity index (χ1) is 6.31. The Labute approximate surface area is 83.5 Å². The lowest BCUT2D eigenvalue weighted by atomic mass is 10.4. The van der Waals surface area contributed by atoms with Crippen LogP contribution in [0.5, 0.6) is 0 Å². The fraction of sp³-hybridized carbons (Fsp3) is 0.500. The molecule has 0 unspecified atom stereocenters. The van der Waals surface area contributed by atoms with Crippen molar-refractivity contribution in [2.75, 3.05) is 11.4 Å². The molecular formula is C10H13ClN2. The van der Waals surface area contributed by atoms with Gasteiger partial charge in [-0.1, -0.05) is 11.6 Å². The number of anilines is 1. The van der Waals surface area contributed by atoms with Crippen molar-refractivity contribution in [2.24, 2.45) is 0 Å². The normalized spacial score (nSPS) is 15.8. The van der Waals surface area contributed by atoms with Gasteiger partial charge in [-0.2, -0.15) is 0 Å². The van der Waals surface area contributed by atoms with Crippen LogP contribution in [-0.2, 0) is 0 Å². The highest BCUT2D eigenvalue weighted by molar-refractivity contribution is 6.30. The molecule has 0 bridgehead atoms. The van der Waals surface area contributed by atoms with Crippen molar-refractivity contribution in [3.8, 4) is 0 Å². The summed E-state index contributed by atoms with van der Waals surface area (Å²) in [6.45, 7) is 3.19. The predicted octanol–water partition coefficient (Wildman–Crippen LogP) is 2.72. The van der Waals surface area contributed by atoms with E-state index in [9.17, 15) is 0 Å². The molecule has 1 heterocycles. The Balaban J connectivity index is 2.17. The highest BCUT2D eigenvalue weighted by Crippen LogP contribution is 2.30. The van der Waals surface area contributed by atoms with Crippen molar-refractivity contribution in [2.45, 2.75) is 25.8 Å². The van der Waals surface area contributed by atoms with E-state index in [1.54, 1.807) is 6.20 Å². The largest absolute Gasteiger partial charge is 0.354 e. The molecule has 0 aliphatic heterocycles. The molecular weight excluding hydrogens is 184 g/mol. The minimum Gasteiger partial charge on any atom is -0.354 e. The van der Waals surface area contributed by atoms with Gasteiger partial charge in [0.05, 0.1) is 5.02 Å². The Kier molecular flexibility index (Phi) is 2.40. The average Bonchev–Trinajstić information content (AvgIpc) is 2.93. The lowest BCUT2D eigenvalue weighted by molar-refractivity contribution is 0.808. The molecule has 1 saturated carbocycles. The number of nitrogens with zero attached hydrogens (tertiary/aromatic N) is 2. The van der Waals surface area contributed by atoms with Crippen molar-refractivity contribution < 1.29 is 0 Å². The van der Waals surface area contributed by atoms with E-state index in [1.165, 1.54) is 12.8 Å². The van der Waals surface area contributed by atoms with Crippen LogP contribution in [0, 0.1) is 0 Å². The molecule has 1 aromatic heterocycles. The second kappa shape index (κ2) is 3.54. The van der Waals surface area contributed by atoms with Crippen molar-refractivity contribution in [3.63, 3.8) is 0 Å². The van der Waals surface area contributed by atoms with Crippen LogP contribution in [0.4, 0.5) is 5.82 Å². The minimum atomic E-state index is 0.704. The Morgan fingerprint density at radius 2 is 2.31 bits per heavy atom. The number of rotatable bonds is 3. The maximum Gasteiger partial charge on any atom is 0.128 e. The van der Waals surface area contributed by atoms with Gasteiger partial charge in [-0.25, -0.2) is 4.98 Å². The quantitative estimate of drug-likeness (QED) is 0.739. The molecule has 13 heavy (non-hydrogen) atoms. The minimum absolute atomic E-state index is 0.704. The molecule has 0 N–H and O–H groups in total. The van der Waals surface area contributed by atoms with E-state index >= 15 is 0 Å². The molecule has 1 fully saturated rings. The van der Waals surface area contributed by atoms with E-state index in [1.807, 2.05) is 12.1 Å². The number of halogens is 1. The predicted molar refractivity (Wildman–Crippen MR) is 55.3 cm³/mol. The fourth-order valence-electron chi connectivity index (χ4n) is 1.53. The summed E-state index contributed by atoms with van der Waals surface area (Å²) in [5, 5.41) is 0.704. The topological polar surface area (TPSA) is 16.1 Å². The zero-order valence-electron chi connectivity index (χ0n) is 7.70. The van der Waals surface area contributed by atoms with Crippen LogP contribution in [0.1, 0.15) is 19.8 Å². The number of hydrogen-bond acceptors (Lipinski definition) is 2. The van der Waals surface area contributed by atoms with Gasteiger partial charge in [0.15, 0.2) is 0 Å². The maximum absolute atomic E-state index is 5.77. The van der Waals surface area contributed by atoms with E-state index in [0.29, 0.717) is 5.02 Å². The highest BCUT2D eigenvalue weighted by Gasteiger charge is 2.28. The van der Waals surface area contributed by atoms with Gasteiger partial charge in [-0.05, 0) is 31.9 Å². The molecule has 0 amide bonds. The van der Waals surface area contributed by atoms with Crippen LogP contribution in [0.3, 0.4) is 0 Å². The summed E-state index contributed by atoms with van der Waals surface area (Å²) in [5.41, 5.74) is 0.